The number of nitrogens with one attached hydrogen (secondary N) is 3. The van der Waals surface area contributed by atoms with Gasteiger partial charge in [-0.3, -0.25) is 19.2 Å². The van der Waals surface area contributed by atoms with Crippen LogP contribution >= 0.6 is 0 Å². The lowest BCUT2D eigenvalue weighted by Crippen LogP contribution is -2.33. The first kappa shape index (κ1) is 22.4. The Morgan fingerprint density at radius 3 is 1.88 bits per heavy atom. The number of amides is 3. The predicted molar refractivity (Wildman–Crippen MR) is 122 cm³/mol. The molecule has 0 saturated carbocycles. The molecule has 3 aromatic rings. The van der Waals surface area contributed by atoms with Gasteiger partial charge in [-0.15, -0.1) is 0 Å². The van der Waals surface area contributed by atoms with Crippen LogP contribution in [0.3, 0.4) is 0 Å². The summed E-state index contributed by atoms with van der Waals surface area (Å²) in [6.07, 6.45) is 0. The van der Waals surface area contributed by atoms with Gasteiger partial charge >= 0.3 is 0 Å². The van der Waals surface area contributed by atoms with E-state index < -0.39 is 5.91 Å². The van der Waals surface area contributed by atoms with E-state index in [0.29, 0.717) is 35.5 Å². The molecule has 0 bridgehead atoms. The Hall–Kier alpha value is -4.26. The molecule has 0 aliphatic carbocycles. The molecule has 0 aromatic heterocycles. The van der Waals surface area contributed by atoms with Crippen molar-refractivity contribution < 1.29 is 19.2 Å². The largest absolute Gasteiger partial charge is 0.355 e. The van der Waals surface area contributed by atoms with E-state index >= 15 is 0 Å². The zero-order valence-electron chi connectivity index (χ0n) is 17.6. The summed E-state index contributed by atoms with van der Waals surface area (Å²) in [6, 6.07) is 21.8. The molecule has 0 heterocycles. The van der Waals surface area contributed by atoms with Crippen LogP contribution in [-0.2, 0) is 4.79 Å². The standard InChI is InChI=1S/C25H23N3O4/c1-17(29)26-15-16-27-24(31)19-11-13-20(14-12-19)28-25(32)22-10-6-5-9-21(22)23(30)18-7-3-2-4-8-18/h2-14H,15-16H2,1H3,(H,26,29)(H,27,31)(H,28,32). The zero-order chi connectivity index (χ0) is 22.9. The third kappa shape index (κ3) is 5.89. The van der Waals surface area contributed by atoms with Gasteiger partial charge in [-0.2, -0.15) is 0 Å². The molecule has 0 saturated heterocycles. The summed E-state index contributed by atoms with van der Waals surface area (Å²) < 4.78 is 0. The van der Waals surface area contributed by atoms with Gasteiger partial charge in [0.1, 0.15) is 0 Å². The summed E-state index contributed by atoms with van der Waals surface area (Å²) in [5, 5.41) is 8.06. The highest BCUT2D eigenvalue weighted by molar-refractivity contribution is 6.17. The molecule has 3 amide bonds. The molecule has 32 heavy (non-hydrogen) atoms. The average Bonchev–Trinajstić information content (AvgIpc) is 2.82. The Labute approximate surface area is 185 Å². The third-order valence-corrected chi connectivity index (χ3v) is 4.64. The molecule has 0 fully saturated rings. The number of rotatable bonds is 8. The number of anilines is 1. The minimum absolute atomic E-state index is 0.161. The first-order valence-electron chi connectivity index (χ1n) is 10.1. The predicted octanol–water partition coefficient (Wildman–Crippen LogP) is 3.04. The average molecular weight is 429 g/mol. The number of hydrogen-bond donors (Lipinski definition) is 3. The number of ketones is 1. The maximum atomic E-state index is 12.8. The van der Waals surface area contributed by atoms with Gasteiger partial charge < -0.3 is 16.0 Å². The number of carbonyl (C=O) groups excluding carboxylic acids is 4. The number of carbonyl (C=O) groups is 4. The van der Waals surface area contributed by atoms with Gasteiger partial charge in [0, 0.05) is 42.4 Å². The second-order valence-corrected chi connectivity index (χ2v) is 7.01. The molecule has 0 aliphatic rings. The van der Waals surface area contributed by atoms with E-state index in [-0.39, 0.29) is 23.2 Å². The highest BCUT2D eigenvalue weighted by Crippen LogP contribution is 2.17. The van der Waals surface area contributed by atoms with Crippen LogP contribution in [0.1, 0.15) is 43.6 Å². The van der Waals surface area contributed by atoms with Crippen LogP contribution in [0.5, 0.6) is 0 Å². The van der Waals surface area contributed by atoms with E-state index in [0.717, 1.165) is 0 Å². The van der Waals surface area contributed by atoms with Crippen LogP contribution in [0.15, 0.2) is 78.9 Å². The molecule has 3 aromatic carbocycles. The lowest BCUT2D eigenvalue weighted by Gasteiger charge is -2.10. The maximum Gasteiger partial charge on any atom is 0.256 e. The lowest BCUT2D eigenvalue weighted by atomic mass is 9.98. The lowest BCUT2D eigenvalue weighted by molar-refractivity contribution is -0.118. The molecule has 0 spiro atoms. The quantitative estimate of drug-likeness (QED) is 0.378. The normalized spacial score (nSPS) is 10.2. The molecule has 3 rings (SSSR count). The third-order valence-electron chi connectivity index (χ3n) is 4.64. The van der Waals surface area contributed by atoms with Crippen LogP contribution < -0.4 is 16.0 Å². The Bertz CT molecular complexity index is 1130. The smallest absolute Gasteiger partial charge is 0.256 e. The van der Waals surface area contributed by atoms with Crippen molar-refractivity contribution in [1.82, 2.24) is 10.6 Å². The molecule has 0 radical (unpaired) electrons. The summed E-state index contributed by atoms with van der Waals surface area (Å²) in [6.45, 7) is 2.06. The topological polar surface area (TPSA) is 104 Å². The van der Waals surface area contributed by atoms with Crippen molar-refractivity contribution >= 4 is 29.2 Å². The van der Waals surface area contributed by atoms with E-state index in [1.807, 2.05) is 6.07 Å². The van der Waals surface area contributed by atoms with Crippen LogP contribution in [0.4, 0.5) is 5.69 Å². The summed E-state index contributed by atoms with van der Waals surface area (Å²) >= 11 is 0. The molecular weight excluding hydrogens is 406 g/mol. The highest BCUT2D eigenvalue weighted by Gasteiger charge is 2.18. The van der Waals surface area contributed by atoms with E-state index in [4.69, 9.17) is 0 Å². The fourth-order valence-corrected chi connectivity index (χ4v) is 3.04. The van der Waals surface area contributed by atoms with Crippen LogP contribution in [0.2, 0.25) is 0 Å². The fraction of sp³-hybridized carbons (Fsp3) is 0.120. The SMILES string of the molecule is CC(=O)NCCNC(=O)c1ccc(NC(=O)c2ccccc2C(=O)c2ccccc2)cc1. The van der Waals surface area contributed by atoms with E-state index in [1.54, 1.807) is 72.8 Å². The van der Waals surface area contributed by atoms with E-state index in [2.05, 4.69) is 16.0 Å². The molecular formula is C25H23N3O4. The van der Waals surface area contributed by atoms with Gasteiger partial charge in [0.2, 0.25) is 5.91 Å². The monoisotopic (exact) mass is 429 g/mol. The summed E-state index contributed by atoms with van der Waals surface area (Å²) in [5.74, 6) is -1.10. The molecule has 0 atom stereocenters. The fourth-order valence-electron chi connectivity index (χ4n) is 3.04. The van der Waals surface area contributed by atoms with Gasteiger partial charge in [0.15, 0.2) is 5.78 Å². The first-order valence-corrected chi connectivity index (χ1v) is 10.1. The summed E-state index contributed by atoms with van der Waals surface area (Å²) in [4.78, 5) is 48.7. The van der Waals surface area contributed by atoms with Crippen LogP contribution in [0, 0.1) is 0 Å². The number of benzene rings is 3. The van der Waals surface area contributed by atoms with Gasteiger partial charge in [0.25, 0.3) is 11.8 Å². The van der Waals surface area contributed by atoms with Crippen molar-refractivity contribution in [1.29, 1.82) is 0 Å². The Morgan fingerprint density at radius 2 is 1.22 bits per heavy atom. The van der Waals surface area contributed by atoms with Crippen molar-refractivity contribution in [3.05, 3.63) is 101 Å². The Morgan fingerprint density at radius 1 is 0.625 bits per heavy atom. The van der Waals surface area contributed by atoms with Crippen molar-refractivity contribution in [2.75, 3.05) is 18.4 Å². The maximum absolute atomic E-state index is 12.8. The van der Waals surface area contributed by atoms with Gasteiger partial charge in [0.05, 0.1) is 5.56 Å². The second kappa shape index (κ2) is 10.7. The summed E-state index contributed by atoms with van der Waals surface area (Å²) in [7, 11) is 0. The minimum Gasteiger partial charge on any atom is -0.355 e. The van der Waals surface area contributed by atoms with Crippen LogP contribution in [0.25, 0.3) is 0 Å². The van der Waals surface area contributed by atoms with Gasteiger partial charge in [-0.05, 0) is 30.3 Å². The first-order chi connectivity index (χ1) is 15.5. The minimum atomic E-state index is -0.419. The van der Waals surface area contributed by atoms with Crippen molar-refractivity contribution in [3.8, 4) is 0 Å². The molecule has 0 unspecified atom stereocenters. The molecule has 0 aliphatic heterocycles. The molecule has 7 heteroatoms. The molecule has 7 nitrogen and oxygen atoms in total. The molecule has 162 valence electrons. The highest BCUT2D eigenvalue weighted by atomic mass is 16.2. The van der Waals surface area contributed by atoms with Crippen molar-refractivity contribution in [2.24, 2.45) is 0 Å². The van der Waals surface area contributed by atoms with Gasteiger partial charge in [-0.1, -0.05) is 48.5 Å². The van der Waals surface area contributed by atoms with Crippen molar-refractivity contribution in [2.45, 2.75) is 6.92 Å². The van der Waals surface area contributed by atoms with Gasteiger partial charge in [-0.25, -0.2) is 0 Å². The zero-order valence-corrected chi connectivity index (χ0v) is 17.6. The van der Waals surface area contributed by atoms with Crippen molar-refractivity contribution in [3.63, 3.8) is 0 Å². The van der Waals surface area contributed by atoms with E-state index in [1.165, 1.54) is 6.92 Å². The number of hydrogen-bond acceptors (Lipinski definition) is 4. The van der Waals surface area contributed by atoms with Crippen LogP contribution in [-0.4, -0.2) is 36.6 Å². The van der Waals surface area contributed by atoms with E-state index in [9.17, 15) is 19.2 Å². The summed E-state index contributed by atoms with van der Waals surface area (Å²) in [5.41, 5.74) is 1.99. The Kier molecular flexibility index (Phi) is 7.48. The second-order valence-electron chi connectivity index (χ2n) is 7.01. The molecule has 3 N–H and O–H groups in total. The Balaban J connectivity index is 1.66.